The van der Waals surface area contributed by atoms with Crippen LogP contribution in [0.25, 0.3) is 0 Å². The number of benzene rings is 2. The predicted molar refractivity (Wildman–Crippen MR) is 112 cm³/mol. The van der Waals surface area contributed by atoms with E-state index < -0.39 is 5.97 Å². The maximum atomic E-state index is 11.4. The maximum absolute atomic E-state index is 11.4. The lowest BCUT2D eigenvalue weighted by Gasteiger charge is -2.28. The Hall–Kier alpha value is -3.38. The monoisotopic (exact) mass is 389 g/mol. The van der Waals surface area contributed by atoms with Gasteiger partial charge >= 0.3 is 5.97 Å². The largest absolute Gasteiger partial charge is 0.478 e. The van der Waals surface area contributed by atoms with Gasteiger partial charge in [-0.15, -0.1) is 0 Å². The van der Waals surface area contributed by atoms with Crippen molar-refractivity contribution < 1.29 is 14.6 Å². The van der Waals surface area contributed by atoms with Gasteiger partial charge in [-0.25, -0.2) is 4.79 Å². The van der Waals surface area contributed by atoms with Crippen molar-refractivity contribution in [3.63, 3.8) is 0 Å². The van der Waals surface area contributed by atoms with Crippen molar-refractivity contribution in [3.05, 3.63) is 83.2 Å². The highest BCUT2D eigenvalue weighted by Crippen LogP contribution is 2.31. The number of aryl methyl sites for hydroxylation is 1. The van der Waals surface area contributed by atoms with E-state index in [0.717, 1.165) is 30.0 Å². The van der Waals surface area contributed by atoms with Crippen LogP contribution in [0.2, 0.25) is 0 Å². The van der Waals surface area contributed by atoms with Crippen LogP contribution in [0.5, 0.6) is 11.5 Å². The summed E-state index contributed by atoms with van der Waals surface area (Å²) in [5.41, 5.74) is 4.28. The molecular weight excluding hydrogens is 366 g/mol. The van der Waals surface area contributed by atoms with Gasteiger partial charge < -0.3 is 20.5 Å². The van der Waals surface area contributed by atoms with Crippen molar-refractivity contribution in [2.75, 3.05) is 18.4 Å². The van der Waals surface area contributed by atoms with Crippen LogP contribution in [0.4, 0.5) is 5.69 Å². The molecule has 0 spiro atoms. The number of para-hydroxylation sites is 1. The summed E-state index contributed by atoms with van der Waals surface area (Å²) in [4.78, 5) is 15.4. The number of carboxylic acid groups (broad SMARTS) is 1. The Balaban J connectivity index is 1.50. The highest BCUT2D eigenvalue weighted by atomic mass is 16.5. The van der Waals surface area contributed by atoms with E-state index in [-0.39, 0.29) is 11.6 Å². The van der Waals surface area contributed by atoms with Crippen LogP contribution in [-0.2, 0) is 6.42 Å². The number of rotatable bonds is 6. The van der Waals surface area contributed by atoms with Gasteiger partial charge in [-0.05, 0) is 60.8 Å². The molecule has 1 atom stereocenters. The zero-order chi connectivity index (χ0) is 20.2. The lowest BCUT2D eigenvalue weighted by molar-refractivity contribution is 0.0697. The Morgan fingerprint density at radius 3 is 2.97 bits per heavy atom. The van der Waals surface area contributed by atoms with E-state index in [2.05, 4.69) is 27.8 Å². The van der Waals surface area contributed by atoms with Crippen molar-refractivity contribution in [1.29, 1.82) is 0 Å². The molecule has 0 aliphatic carbocycles. The first-order chi connectivity index (χ1) is 14.1. The molecule has 3 aromatic rings. The molecule has 0 bridgehead atoms. The van der Waals surface area contributed by atoms with E-state index in [1.54, 1.807) is 6.20 Å². The molecule has 6 heteroatoms. The number of ether oxygens (including phenoxy) is 1. The lowest BCUT2D eigenvalue weighted by atomic mass is 9.94. The number of aromatic nitrogens is 1. The first-order valence-corrected chi connectivity index (χ1v) is 9.62. The summed E-state index contributed by atoms with van der Waals surface area (Å²) in [5.74, 6) is 0.717. The van der Waals surface area contributed by atoms with E-state index in [1.165, 1.54) is 23.4 Å². The first-order valence-electron chi connectivity index (χ1n) is 9.62. The van der Waals surface area contributed by atoms with Crippen molar-refractivity contribution in [3.8, 4) is 11.5 Å². The molecule has 3 N–H and O–H groups in total. The third-order valence-corrected chi connectivity index (χ3v) is 5.14. The van der Waals surface area contributed by atoms with Gasteiger partial charge in [-0.1, -0.05) is 24.3 Å². The van der Waals surface area contributed by atoms with Gasteiger partial charge in [-0.3, -0.25) is 4.98 Å². The van der Waals surface area contributed by atoms with Gasteiger partial charge in [0.25, 0.3) is 0 Å². The summed E-state index contributed by atoms with van der Waals surface area (Å²) >= 11 is 0. The molecule has 0 saturated carbocycles. The molecule has 1 aromatic heterocycles. The van der Waals surface area contributed by atoms with Crippen molar-refractivity contribution in [2.24, 2.45) is 0 Å². The Labute approximate surface area is 169 Å². The van der Waals surface area contributed by atoms with Gasteiger partial charge in [-0.2, -0.15) is 0 Å². The van der Waals surface area contributed by atoms with Crippen LogP contribution < -0.4 is 15.4 Å². The summed E-state index contributed by atoms with van der Waals surface area (Å²) in [6, 6.07) is 15.7. The molecule has 0 fully saturated rings. The summed E-state index contributed by atoms with van der Waals surface area (Å²) in [6.45, 7) is 3.45. The second-order valence-electron chi connectivity index (χ2n) is 7.09. The molecule has 1 aliphatic heterocycles. The minimum Gasteiger partial charge on any atom is -0.478 e. The molecule has 1 aliphatic rings. The SMILES string of the molecule is Cc1ccccc1Oc1ccc2c(c1)CCN[C@H]2CNc1cnccc1C(=O)O. The van der Waals surface area contributed by atoms with Gasteiger partial charge in [0, 0.05) is 18.8 Å². The molecule has 0 unspecified atom stereocenters. The molecule has 4 rings (SSSR count). The predicted octanol–water partition coefficient (Wildman–Crippen LogP) is 4.18. The highest BCUT2D eigenvalue weighted by Gasteiger charge is 2.21. The van der Waals surface area contributed by atoms with E-state index >= 15 is 0 Å². The Bertz CT molecular complexity index is 1040. The molecule has 0 saturated heterocycles. The summed E-state index contributed by atoms with van der Waals surface area (Å²) < 4.78 is 6.07. The maximum Gasteiger partial charge on any atom is 0.337 e. The lowest BCUT2D eigenvalue weighted by Crippen LogP contribution is -2.34. The number of nitrogens with one attached hydrogen (secondary N) is 2. The van der Waals surface area contributed by atoms with Crippen molar-refractivity contribution >= 4 is 11.7 Å². The molecule has 29 heavy (non-hydrogen) atoms. The fourth-order valence-electron chi connectivity index (χ4n) is 3.61. The van der Waals surface area contributed by atoms with Crippen molar-refractivity contribution in [1.82, 2.24) is 10.3 Å². The number of hydrogen-bond acceptors (Lipinski definition) is 5. The summed E-state index contributed by atoms with van der Waals surface area (Å²) in [7, 11) is 0. The molecule has 0 amide bonds. The normalized spacial score (nSPS) is 15.4. The quantitative estimate of drug-likeness (QED) is 0.587. The second kappa shape index (κ2) is 8.32. The number of anilines is 1. The number of hydrogen-bond donors (Lipinski definition) is 3. The topological polar surface area (TPSA) is 83.5 Å². The van der Waals surface area contributed by atoms with Gasteiger partial charge in [0.2, 0.25) is 0 Å². The average Bonchev–Trinajstić information content (AvgIpc) is 2.74. The van der Waals surface area contributed by atoms with Crippen LogP contribution >= 0.6 is 0 Å². The molecule has 6 nitrogen and oxygen atoms in total. The fourth-order valence-corrected chi connectivity index (χ4v) is 3.61. The third-order valence-electron chi connectivity index (χ3n) is 5.14. The first kappa shape index (κ1) is 19.0. The highest BCUT2D eigenvalue weighted by molar-refractivity contribution is 5.93. The van der Waals surface area contributed by atoms with Gasteiger partial charge in [0.15, 0.2) is 0 Å². The molecule has 2 heterocycles. The van der Waals surface area contributed by atoms with Gasteiger partial charge in [0.05, 0.1) is 17.4 Å². The molecule has 2 aromatic carbocycles. The number of carbonyl (C=O) groups is 1. The smallest absolute Gasteiger partial charge is 0.337 e. The minimum absolute atomic E-state index is 0.0770. The molecular formula is C23H23N3O3. The number of pyridine rings is 1. The molecule has 148 valence electrons. The van der Waals surface area contributed by atoms with Crippen LogP contribution in [0, 0.1) is 6.92 Å². The third kappa shape index (κ3) is 4.22. The van der Waals surface area contributed by atoms with E-state index in [9.17, 15) is 9.90 Å². The van der Waals surface area contributed by atoms with Gasteiger partial charge in [0.1, 0.15) is 11.5 Å². The zero-order valence-corrected chi connectivity index (χ0v) is 16.2. The fraction of sp³-hybridized carbons (Fsp3) is 0.217. The zero-order valence-electron chi connectivity index (χ0n) is 16.2. The number of fused-ring (bicyclic) bond motifs is 1. The van der Waals surface area contributed by atoms with Crippen LogP contribution in [0.3, 0.4) is 0 Å². The summed E-state index contributed by atoms with van der Waals surface area (Å²) in [6.07, 6.45) is 3.95. The second-order valence-corrected chi connectivity index (χ2v) is 7.09. The van der Waals surface area contributed by atoms with Crippen molar-refractivity contribution in [2.45, 2.75) is 19.4 Å². The summed E-state index contributed by atoms with van der Waals surface area (Å²) in [5, 5.41) is 16.1. The average molecular weight is 389 g/mol. The number of carboxylic acids is 1. The van der Waals surface area contributed by atoms with Crippen LogP contribution in [0.15, 0.2) is 60.9 Å². The van der Waals surface area contributed by atoms with E-state index in [1.807, 2.05) is 37.3 Å². The van der Waals surface area contributed by atoms with Crippen LogP contribution in [-0.4, -0.2) is 29.1 Å². The number of nitrogens with zero attached hydrogens (tertiary/aromatic N) is 1. The standard InChI is InChI=1S/C23H23N3O3/c1-15-4-2-3-5-22(15)29-17-6-7-18-16(12-17)8-11-25-21(18)14-26-20-13-24-10-9-19(20)23(27)28/h2-7,9-10,12-13,21,25-26H,8,11,14H2,1H3,(H,27,28)/t21-/m0/s1. The Morgan fingerprint density at radius 1 is 1.28 bits per heavy atom. The molecule has 0 radical (unpaired) electrons. The number of aromatic carboxylic acids is 1. The Morgan fingerprint density at radius 2 is 2.14 bits per heavy atom. The Kier molecular flexibility index (Phi) is 5.44. The van der Waals surface area contributed by atoms with E-state index in [4.69, 9.17) is 4.74 Å². The minimum atomic E-state index is -0.968. The van der Waals surface area contributed by atoms with E-state index in [0.29, 0.717) is 12.2 Å². The van der Waals surface area contributed by atoms with Crippen LogP contribution in [0.1, 0.15) is 33.1 Å².